The lowest BCUT2D eigenvalue weighted by atomic mass is 10.1. The van der Waals surface area contributed by atoms with Gasteiger partial charge in [0.05, 0.1) is 16.3 Å². The Morgan fingerprint density at radius 1 is 1.26 bits per heavy atom. The van der Waals surface area contributed by atoms with Gasteiger partial charge in [0.25, 0.3) is 5.89 Å². The Morgan fingerprint density at radius 2 is 2.00 bits per heavy atom. The molecular formula is C15H11Cl2N3O2S. The Hall–Kier alpha value is -1.89. The number of carbonyl (C=O) groups excluding carboxylic acids is 1. The van der Waals surface area contributed by atoms with Gasteiger partial charge >= 0.3 is 6.01 Å². The number of hydrogen-bond acceptors (Lipinski definition) is 5. The smallest absolute Gasteiger partial charge is 0.322 e. The van der Waals surface area contributed by atoms with Crippen LogP contribution in [0.3, 0.4) is 0 Å². The van der Waals surface area contributed by atoms with Gasteiger partial charge in [0.1, 0.15) is 4.34 Å². The Bertz CT molecular complexity index is 843. The molecule has 0 saturated heterocycles. The Labute approximate surface area is 146 Å². The topological polar surface area (TPSA) is 68.0 Å². The highest BCUT2D eigenvalue weighted by molar-refractivity contribution is 7.20. The zero-order valence-corrected chi connectivity index (χ0v) is 14.3. The highest BCUT2D eigenvalue weighted by Crippen LogP contribution is 2.37. The lowest BCUT2D eigenvalue weighted by Crippen LogP contribution is -2.14. The van der Waals surface area contributed by atoms with E-state index in [2.05, 4.69) is 15.5 Å². The number of carbonyl (C=O) groups is 1. The minimum Gasteiger partial charge on any atom is -0.403 e. The molecule has 3 aromatic rings. The SMILES string of the molecule is Cc1ccc(CC(=O)Nc2nnc(-c3cc(Cl)sc3Cl)o2)cc1. The van der Waals surface area contributed by atoms with E-state index < -0.39 is 0 Å². The van der Waals surface area contributed by atoms with Crippen molar-refractivity contribution < 1.29 is 9.21 Å². The number of aromatic nitrogens is 2. The van der Waals surface area contributed by atoms with Crippen molar-refractivity contribution in [2.45, 2.75) is 13.3 Å². The molecule has 8 heteroatoms. The average molecular weight is 368 g/mol. The molecule has 2 aromatic heterocycles. The summed E-state index contributed by atoms with van der Waals surface area (Å²) < 4.78 is 6.38. The van der Waals surface area contributed by atoms with Crippen molar-refractivity contribution in [2.24, 2.45) is 0 Å². The molecule has 0 aliphatic heterocycles. The molecule has 5 nitrogen and oxygen atoms in total. The van der Waals surface area contributed by atoms with E-state index in [9.17, 15) is 4.79 Å². The van der Waals surface area contributed by atoms with Crippen LogP contribution in [0.5, 0.6) is 0 Å². The molecule has 118 valence electrons. The molecule has 0 aliphatic carbocycles. The molecule has 0 atom stereocenters. The van der Waals surface area contributed by atoms with Crippen LogP contribution in [0.15, 0.2) is 34.7 Å². The van der Waals surface area contributed by atoms with Crippen molar-refractivity contribution >= 4 is 46.5 Å². The lowest BCUT2D eigenvalue weighted by molar-refractivity contribution is -0.115. The molecule has 0 radical (unpaired) electrons. The van der Waals surface area contributed by atoms with Crippen molar-refractivity contribution in [1.29, 1.82) is 0 Å². The van der Waals surface area contributed by atoms with Gasteiger partial charge in [-0.3, -0.25) is 10.1 Å². The molecule has 1 N–H and O–H groups in total. The van der Waals surface area contributed by atoms with Crippen molar-refractivity contribution in [3.63, 3.8) is 0 Å². The van der Waals surface area contributed by atoms with Gasteiger partial charge in [-0.15, -0.1) is 16.4 Å². The quantitative estimate of drug-likeness (QED) is 0.731. The summed E-state index contributed by atoms with van der Waals surface area (Å²) in [6.07, 6.45) is 0.225. The van der Waals surface area contributed by atoms with E-state index in [0.29, 0.717) is 14.2 Å². The van der Waals surface area contributed by atoms with E-state index >= 15 is 0 Å². The number of hydrogen-bond donors (Lipinski definition) is 1. The predicted octanol–water partition coefficient (Wildman–Crippen LogP) is 4.59. The molecule has 0 fully saturated rings. The second kappa shape index (κ2) is 6.70. The van der Waals surface area contributed by atoms with Crippen molar-refractivity contribution in [3.05, 3.63) is 50.1 Å². The summed E-state index contributed by atoms with van der Waals surface area (Å²) in [5.41, 5.74) is 2.59. The summed E-state index contributed by atoms with van der Waals surface area (Å²) in [5.74, 6) is -0.0257. The first-order chi connectivity index (χ1) is 11.0. The van der Waals surface area contributed by atoms with Crippen LogP contribution >= 0.6 is 34.5 Å². The monoisotopic (exact) mass is 367 g/mol. The van der Waals surface area contributed by atoms with Gasteiger partial charge in [-0.2, -0.15) is 0 Å². The summed E-state index contributed by atoms with van der Waals surface area (Å²) in [5, 5.41) is 10.2. The van der Waals surface area contributed by atoms with Gasteiger partial charge < -0.3 is 4.42 Å². The number of rotatable bonds is 4. The third-order valence-electron chi connectivity index (χ3n) is 3.04. The van der Waals surface area contributed by atoms with E-state index in [1.807, 2.05) is 31.2 Å². The van der Waals surface area contributed by atoms with Gasteiger partial charge in [-0.25, -0.2) is 0 Å². The molecule has 0 aliphatic rings. The lowest BCUT2D eigenvalue weighted by Gasteiger charge is -2.01. The number of halogens is 2. The zero-order chi connectivity index (χ0) is 16.4. The van der Waals surface area contributed by atoms with Crippen LogP contribution < -0.4 is 5.32 Å². The Morgan fingerprint density at radius 3 is 2.65 bits per heavy atom. The number of nitrogens with zero attached hydrogens (tertiary/aromatic N) is 2. The maximum Gasteiger partial charge on any atom is 0.322 e. The summed E-state index contributed by atoms with van der Waals surface area (Å²) in [6, 6.07) is 9.38. The first-order valence-electron chi connectivity index (χ1n) is 6.65. The standard InChI is InChI=1S/C15H11Cl2N3O2S/c1-8-2-4-9(5-3-8)6-12(21)18-15-20-19-14(22-15)10-7-11(16)23-13(10)17/h2-5,7H,6H2,1H3,(H,18,20,21). The minimum atomic E-state index is -0.237. The number of amides is 1. The summed E-state index contributed by atoms with van der Waals surface area (Å²) in [6.45, 7) is 1.99. The van der Waals surface area contributed by atoms with Gasteiger partial charge in [0.15, 0.2) is 0 Å². The first kappa shape index (κ1) is 16.0. The predicted molar refractivity (Wildman–Crippen MR) is 91.1 cm³/mol. The molecule has 2 heterocycles. The minimum absolute atomic E-state index is 0.0236. The molecule has 23 heavy (non-hydrogen) atoms. The molecule has 1 amide bonds. The van der Waals surface area contributed by atoms with Crippen LogP contribution in [0.1, 0.15) is 11.1 Å². The van der Waals surface area contributed by atoms with E-state index in [-0.39, 0.29) is 24.2 Å². The summed E-state index contributed by atoms with van der Waals surface area (Å²) in [4.78, 5) is 12.0. The maximum absolute atomic E-state index is 12.0. The fraction of sp³-hybridized carbons (Fsp3) is 0.133. The Kier molecular flexibility index (Phi) is 4.66. The van der Waals surface area contributed by atoms with Crippen LogP contribution in [0, 0.1) is 6.92 Å². The van der Waals surface area contributed by atoms with E-state index in [1.54, 1.807) is 6.07 Å². The largest absolute Gasteiger partial charge is 0.403 e. The van der Waals surface area contributed by atoms with Crippen LogP contribution in [0.4, 0.5) is 6.01 Å². The molecule has 1 aromatic carbocycles. The molecule has 0 saturated carbocycles. The first-order valence-corrected chi connectivity index (χ1v) is 8.22. The molecule has 0 spiro atoms. The normalized spacial score (nSPS) is 10.7. The fourth-order valence-electron chi connectivity index (χ4n) is 1.92. The van der Waals surface area contributed by atoms with Crippen molar-refractivity contribution in [1.82, 2.24) is 10.2 Å². The molecular weight excluding hydrogens is 357 g/mol. The summed E-state index contributed by atoms with van der Waals surface area (Å²) in [7, 11) is 0. The summed E-state index contributed by atoms with van der Waals surface area (Å²) >= 11 is 13.1. The van der Waals surface area contributed by atoms with Crippen LogP contribution in [-0.2, 0) is 11.2 Å². The van der Waals surface area contributed by atoms with Crippen LogP contribution in [0.25, 0.3) is 11.5 Å². The van der Waals surface area contributed by atoms with Gasteiger partial charge in [-0.05, 0) is 18.6 Å². The number of nitrogens with one attached hydrogen (secondary N) is 1. The second-order valence-electron chi connectivity index (χ2n) is 4.86. The third kappa shape index (κ3) is 3.90. The van der Waals surface area contributed by atoms with Crippen LogP contribution in [0.2, 0.25) is 8.67 Å². The molecule has 3 rings (SSSR count). The zero-order valence-electron chi connectivity index (χ0n) is 12.0. The average Bonchev–Trinajstić information content (AvgIpc) is 3.07. The number of anilines is 1. The van der Waals surface area contributed by atoms with E-state index in [4.69, 9.17) is 27.6 Å². The van der Waals surface area contributed by atoms with Crippen molar-refractivity contribution in [2.75, 3.05) is 5.32 Å². The fourth-order valence-corrected chi connectivity index (χ4v) is 3.37. The van der Waals surface area contributed by atoms with E-state index in [0.717, 1.165) is 11.1 Å². The molecule has 0 bridgehead atoms. The second-order valence-corrected chi connectivity index (χ2v) is 7.15. The van der Waals surface area contributed by atoms with Gasteiger partial charge in [0, 0.05) is 0 Å². The van der Waals surface area contributed by atoms with Gasteiger partial charge in [-0.1, -0.05) is 58.1 Å². The highest BCUT2D eigenvalue weighted by Gasteiger charge is 2.16. The maximum atomic E-state index is 12.0. The van der Waals surface area contributed by atoms with Crippen molar-refractivity contribution in [3.8, 4) is 11.5 Å². The number of thiophene rings is 1. The Balaban J connectivity index is 1.68. The van der Waals surface area contributed by atoms with Gasteiger partial charge in [0.2, 0.25) is 5.91 Å². The number of aryl methyl sites for hydroxylation is 1. The number of benzene rings is 1. The highest BCUT2D eigenvalue weighted by atomic mass is 35.5. The third-order valence-corrected chi connectivity index (χ3v) is 4.53. The van der Waals surface area contributed by atoms with E-state index in [1.165, 1.54) is 11.3 Å². The molecule has 0 unspecified atom stereocenters. The van der Waals surface area contributed by atoms with Crippen LogP contribution in [-0.4, -0.2) is 16.1 Å².